The zero-order valence-corrected chi connectivity index (χ0v) is 23.9. The molecule has 0 aromatic heterocycles. The van der Waals surface area contributed by atoms with Crippen molar-refractivity contribution in [3.63, 3.8) is 0 Å². The number of sulfonamides is 1. The van der Waals surface area contributed by atoms with Crippen LogP contribution in [0, 0.1) is 5.82 Å². The second-order valence-corrected chi connectivity index (χ2v) is 11.2. The van der Waals surface area contributed by atoms with E-state index in [1.807, 2.05) is 67.6 Å². The van der Waals surface area contributed by atoms with Gasteiger partial charge in [-0.2, -0.15) is 0 Å². The third kappa shape index (κ3) is 8.17. The molecular weight excluding hydrogens is 557 g/mol. The zero-order chi connectivity index (χ0) is 30.0. The SMILES string of the molecule is CCCNC(=O)[C@H](c1ccccc1)N(Cc1ccccc1)C(=O)COc1ccc(S(=O)(=O)Nc2ccc(F)cc2)cc1. The minimum atomic E-state index is -3.93. The number of ether oxygens (including phenoxy) is 1. The number of amides is 2. The lowest BCUT2D eigenvalue weighted by Gasteiger charge is -2.31. The lowest BCUT2D eigenvalue weighted by Crippen LogP contribution is -2.45. The summed E-state index contributed by atoms with van der Waals surface area (Å²) in [6.45, 7) is 2.22. The first-order chi connectivity index (χ1) is 20.3. The molecule has 1 atom stereocenters. The fourth-order valence-corrected chi connectivity index (χ4v) is 5.29. The average Bonchev–Trinajstić information content (AvgIpc) is 3.01. The Morgan fingerprint density at radius 2 is 1.48 bits per heavy atom. The smallest absolute Gasteiger partial charge is 0.261 e. The molecule has 0 bridgehead atoms. The molecule has 8 nitrogen and oxygen atoms in total. The molecule has 0 unspecified atom stereocenters. The van der Waals surface area contributed by atoms with Gasteiger partial charge in [-0.25, -0.2) is 12.8 Å². The molecule has 0 aliphatic carbocycles. The van der Waals surface area contributed by atoms with Crippen molar-refractivity contribution in [3.05, 3.63) is 126 Å². The average molecular weight is 590 g/mol. The summed E-state index contributed by atoms with van der Waals surface area (Å²) in [5, 5.41) is 2.91. The molecule has 4 rings (SSSR count). The van der Waals surface area contributed by atoms with E-state index in [0.717, 1.165) is 24.1 Å². The number of hydrogen-bond donors (Lipinski definition) is 2. The molecule has 0 heterocycles. The van der Waals surface area contributed by atoms with E-state index in [1.54, 1.807) is 0 Å². The predicted octanol–water partition coefficient (Wildman–Crippen LogP) is 5.30. The number of rotatable bonds is 13. The van der Waals surface area contributed by atoms with E-state index >= 15 is 0 Å². The van der Waals surface area contributed by atoms with Crippen LogP contribution in [0.4, 0.5) is 10.1 Å². The monoisotopic (exact) mass is 589 g/mol. The number of carbonyl (C=O) groups is 2. The van der Waals surface area contributed by atoms with Crippen LogP contribution in [0.25, 0.3) is 0 Å². The summed E-state index contributed by atoms with van der Waals surface area (Å²) in [4.78, 5) is 28.5. The maximum absolute atomic E-state index is 13.7. The van der Waals surface area contributed by atoms with E-state index < -0.39 is 27.8 Å². The Morgan fingerprint density at radius 3 is 2.10 bits per heavy atom. The molecule has 0 aliphatic heterocycles. The van der Waals surface area contributed by atoms with E-state index in [-0.39, 0.29) is 35.4 Å². The summed E-state index contributed by atoms with van der Waals surface area (Å²) in [7, 11) is -3.93. The molecule has 10 heteroatoms. The third-order valence-corrected chi connectivity index (χ3v) is 7.73. The second-order valence-electron chi connectivity index (χ2n) is 9.48. The van der Waals surface area contributed by atoms with Gasteiger partial charge >= 0.3 is 0 Å². The molecule has 4 aromatic rings. The number of nitrogens with one attached hydrogen (secondary N) is 2. The van der Waals surface area contributed by atoms with Crippen molar-refractivity contribution in [3.8, 4) is 5.75 Å². The lowest BCUT2D eigenvalue weighted by molar-refractivity contribution is -0.143. The van der Waals surface area contributed by atoms with Gasteiger partial charge in [-0.05, 0) is 66.1 Å². The van der Waals surface area contributed by atoms with Crippen LogP contribution in [0.3, 0.4) is 0 Å². The van der Waals surface area contributed by atoms with Crippen molar-refractivity contribution in [2.45, 2.75) is 30.8 Å². The van der Waals surface area contributed by atoms with Crippen LogP contribution in [-0.2, 0) is 26.2 Å². The van der Waals surface area contributed by atoms with Crippen molar-refractivity contribution >= 4 is 27.5 Å². The Morgan fingerprint density at radius 1 is 0.857 bits per heavy atom. The van der Waals surface area contributed by atoms with Crippen molar-refractivity contribution < 1.29 is 27.1 Å². The molecule has 0 fully saturated rings. The number of nitrogens with zero attached hydrogens (tertiary/aromatic N) is 1. The third-order valence-electron chi connectivity index (χ3n) is 6.33. The summed E-state index contributed by atoms with van der Waals surface area (Å²) in [5.74, 6) is -0.923. The summed E-state index contributed by atoms with van der Waals surface area (Å²) in [6, 6.07) is 28.1. The number of halogens is 1. The molecular formula is C32H32FN3O5S. The summed E-state index contributed by atoms with van der Waals surface area (Å²) in [6.07, 6.45) is 0.744. The summed E-state index contributed by atoms with van der Waals surface area (Å²) in [5.41, 5.74) is 1.73. The molecule has 2 amide bonds. The van der Waals surface area contributed by atoms with Gasteiger partial charge in [0.15, 0.2) is 6.61 Å². The number of hydrogen-bond acceptors (Lipinski definition) is 5. The minimum Gasteiger partial charge on any atom is -0.484 e. The van der Waals surface area contributed by atoms with Crippen LogP contribution in [0.2, 0.25) is 0 Å². The summed E-state index contributed by atoms with van der Waals surface area (Å²) >= 11 is 0. The lowest BCUT2D eigenvalue weighted by atomic mass is 10.0. The Kier molecular flexibility index (Phi) is 10.3. The zero-order valence-electron chi connectivity index (χ0n) is 23.1. The van der Waals surface area contributed by atoms with Gasteiger partial charge in [0.1, 0.15) is 17.6 Å². The van der Waals surface area contributed by atoms with Crippen LogP contribution < -0.4 is 14.8 Å². The van der Waals surface area contributed by atoms with Crippen molar-refractivity contribution in [1.82, 2.24) is 10.2 Å². The Balaban J connectivity index is 1.52. The van der Waals surface area contributed by atoms with Crippen LogP contribution >= 0.6 is 0 Å². The number of anilines is 1. The van der Waals surface area contributed by atoms with Gasteiger partial charge in [-0.15, -0.1) is 0 Å². The van der Waals surface area contributed by atoms with Gasteiger partial charge in [0.05, 0.1) is 4.90 Å². The van der Waals surface area contributed by atoms with Gasteiger partial charge in [-0.3, -0.25) is 14.3 Å². The fourth-order valence-electron chi connectivity index (χ4n) is 4.23. The van der Waals surface area contributed by atoms with Crippen molar-refractivity contribution in [2.24, 2.45) is 0 Å². The maximum atomic E-state index is 13.7. The Labute approximate surface area is 245 Å². The quantitative estimate of drug-likeness (QED) is 0.220. The normalized spacial score (nSPS) is 11.8. The highest BCUT2D eigenvalue weighted by Gasteiger charge is 2.31. The van der Waals surface area contributed by atoms with Gasteiger partial charge in [0.2, 0.25) is 5.91 Å². The standard InChI is InChI=1S/C32H32FN3O5S/c1-2-21-34-32(38)31(25-11-7-4-8-12-25)36(22-24-9-5-3-6-10-24)30(37)23-41-28-17-19-29(20-18-28)42(39,40)35-27-15-13-26(33)14-16-27/h3-20,31,35H,2,21-23H2,1H3,(H,34,38)/t31-/m0/s1. The Bertz CT molecular complexity index is 1570. The van der Waals surface area contributed by atoms with E-state index in [1.165, 1.54) is 41.3 Å². The van der Waals surface area contributed by atoms with Gasteiger partial charge < -0.3 is 15.0 Å². The number of carbonyl (C=O) groups excluding carboxylic acids is 2. The highest BCUT2D eigenvalue weighted by Crippen LogP contribution is 2.25. The summed E-state index contributed by atoms with van der Waals surface area (Å²) < 4.78 is 46.8. The fraction of sp³-hybridized carbons (Fsp3) is 0.188. The molecule has 0 saturated heterocycles. The topological polar surface area (TPSA) is 105 Å². The van der Waals surface area contributed by atoms with E-state index in [0.29, 0.717) is 12.1 Å². The van der Waals surface area contributed by atoms with Gasteiger partial charge in [0, 0.05) is 18.8 Å². The molecule has 218 valence electrons. The first kappa shape index (κ1) is 30.3. The van der Waals surface area contributed by atoms with E-state index in [2.05, 4.69) is 10.0 Å². The molecule has 0 radical (unpaired) electrons. The Hall–Kier alpha value is -4.70. The highest BCUT2D eigenvalue weighted by molar-refractivity contribution is 7.92. The molecule has 0 saturated carbocycles. The van der Waals surface area contributed by atoms with Crippen LogP contribution in [0.5, 0.6) is 5.75 Å². The molecule has 0 spiro atoms. The minimum absolute atomic E-state index is 0.0343. The molecule has 4 aromatic carbocycles. The van der Waals surface area contributed by atoms with Crippen molar-refractivity contribution in [1.29, 1.82) is 0 Å². The highest BCUT2D eigenvalue weighted by atomic mass is 32.2. The van der Waals surface area contributed by atoms with Gasteiger partial charge in [0.25, 0.3) is 15.9 Å². The largest absolute Gasteiger partial charge is 0.484 e. The molecule has 0 aliphatic rings. The second kappa shape index (κ2) is 14.3. The van der Waals surface area contributed by atoms with E-state index in [4.69, 9.17) is 4.74 Å². The van der Waals surface area contributed by atoms with Crippen LogP contribution in [-0.4, -0.2) is 38.3 Å². The first-order valence-corrected chi connectivity index (χ1v) is 14.9. The first-order valence-electron chi connectivity index (χ1n) is 13.4. The van der Waals surface area contributed by atoms with Crippen LogP contribution in [0.15, 0.2) is 114 Å². The van der Waals surface area contributed by atoms with Gasteiger partial charge in [-0.1, -0.05) is 67.6 Å². The predicted molar refractivity (Wildman–Crippen MR) is 159 cm³/mol. The van der Waals surface area contributed by atoms with E-state index in [9.17, 15) is 22.4 Å². The van der Waals surface area contributed by atoms with Crippen molar-refractivity contribution in [2.75, 3.05) is 17.9 Å². The van der Waals surface area contributed by atoms with Crippen LogP contribution in [0.1, 0.15) is 30.5 Å². The molecule has 2 N–H and O–H groups in total. The number of benzene rings is 4. The maximum Gasteiger partial charge on any atom is 0.261 e. The molecule has 42 heavy (non-hydrogen) atoms.